The van der Waals surface area contributed by atoms with Crippen molar-refractivity contribution in [2.24, 2.45) is 17.4 Å². The Balaban J connectivity index is 2.38. The molecular formula is C13H20N4O2S. The maximum atomic E-state index is 11.6. The Morgan fingerprint density at radius 2 is 1.95 bits per heavy atom. The lowest BCUT2D eigenvalue weighted by atomic mass is 9.85. The second-order valence-electron chi connectivity index (χ2n) is 5.09. The summed E-state index contributed by atoms with van der Waals surface area (Å²) in [7, 11) is 0. The van der Waals surface area contributed by atoms with Crippen LogP contribution in [0.25, 0.3) is 0 Å². The molecule has 6 nitrogen and oxygen atoms in total. The van der Waals surface area contributed by atoms with E-state index >= 15 is 0 Å². The van der Waals surface area contributed by atoms with Crippen LogP contribution in [0, 0.1) is 5.92 Å². The van der Waals surface area contributed by atoms with E-state index < -0.39 is 11.8 Å². The van der Waals surface area contributed by atoms with E-state index in [9.17, 15) is 9.59 Å². The van der Waals surface area contributed by atoms with E-state index in [0.29, 0.717) is 10.9 Å². The van der Waals surface area contributed by atoms with Crippen LogP contribution in [0.5, 0.6) is 0 Å². The zero-order valence-electron chi connectivity index (χ0n) is 11.5. The number of hydrogen-bond acceptors (Lipinski definition) is 5. The fourth-order valence-electron chi connectivity index (χ4n) is 2.42. The van der Waals surface area contributed by atoms with Crippen LogP contribution in [-0.2, 0) is 0 Å². The quantitative estimate of drug-likeness (QED) is 0.730. The average Bonchev–Trinajstić information content (AvgIpc) is 2.66. The zero-order chi connectivity index (χ0) is 14.9. The van der Waals surface area contributed by atoms with Crippen molar-refractivity contribution < 1.29 is 9.59 Å². The molecule has 1 aliphatic carbocycles. The Hall–Kier alpha value is -1.76. The molecule has 0 spiro atoms. The largest absolute Gasteiger partial charge is 0.397 e. The molecule has 7 heteroatoms. The summed E-state index contributed by atoms with van der Waals surface area (Å²) in [6.07, 6.45) is 3.65. The SMILES string of the molecule is CCN(CC1CCC1)c1sc(C(N)=O)c(N)c1C(N)=O. The summed E-state index contributed by atoms with van der Waals surface area (Å²) in [6, 6.07) is 0. The van der Waals surface area contributed by atoms with Gasteiger partial charge in [-0.3, -0.25) is 9.59 Å². The van der Waals surface area contributed by atoms with Crippen LogP contribution in [0.15, 0.2) is 0 Å². The van der Waals surface area contributed by atoms with E-state index in [1.165, 1.54) is 19.3 Å². The van der Waals surface area contributed by atoms with E-state index in [1.807, 2.05) is 6.92 Å². The smallest absolute Gasteiger partial charge is 0.260 e. The van der Waals surface area contributed by atoms with E-state index in [-0.39, 0.29) is 16.1 Å². The molecule has 1 fully saturated rings. The number of amides is 2. The number of thiophene rings is 1. The number of rotatable bonds is 6. The molecule has 0 bridgehead atoms. The van der Waals surface area contributed by atoms with Gasteiger partial charge in [0.25, 0.3) is 11.8 Å². The number of hydrogen-bond donors (Lipinski definition) is 3. The minimum Gasteiger partial charge on any atom is -0.397 e. The summed E-state index contributed by atoms with van der Waals surface area (Å²) in [6.45, 7) is 3.59. The first-order valence-corrected chi connectivity index (χ1v) is 7.54. The van der Waals surface area contributed by atoms with Crippen LogP contribution in [0.4, 0.5) is 10.7 Å². The number of nitrogens with zero attached hydrogens (tertiary/aromatic N) is 1. The highest BCUT2D eigenvalue weighted by Crippen LogP contribution is 2.39. The van der Waals surface area contributed by atoms with Crippen molar-refractivity contribution in [1.29, 1.82) is 0 Å². The molecule has 1 aromatic rings. The summed E-state index contributed by atoms with van der Waals surface area (Å²) >= 11 is 1.16. The average molecular weight is 296 g/mol. The van der Waals surface area contributed by atoms with Crippen LogP contribution in [0.2, 0.25) is 0 Å². The number of carbonyl (C=O) groups is 2. The van der Waals surface area contributed by atoms with Crippen molar-refractivity contribution in [2.75, 3.05) is 23.7 Å². The maximum Gasteiger partial charge on any atom is 0.260 e. The topological polar surface area (TPSA) is 115 Å². The highest BCUT2D eigenvalue weighted by molar-refractivity contribution is 7.19. The van der Waals surface area contributed by atoms with Crippen molar-refractivity contribution in [3.8, 4) is 0 Å². The summed E-state index contributed by atoms with van der Waals surface area (Å²) in [4.78, 5) is 25.3. The number of nitrogen functional groups attached to an aromatic ring is 1. The first kappa shape index (κ1) is 14.6. The predicted molar refractivity (Wildman–Crippen MR) is 81.0 cm³/mol. The van der Waals surface area contributed by atoms with Gasteiger partial charge in [0.15, 0.2) is 0 Å². The van der Waals surface area contributed by atoms with Crippen LogP contribution >= 0.6 is 11.3 Å². The Bertz CT molecular complexity index is 537. The molecule has 0 aliphatic heterocycles. The molecule has 0 saturated heterocycles. The molecule has 0 aromatic carbocycles. The molecule has 1 aliphatic rings. The van der Waals surface area contributed by atoms with Crippen LogP contribution in [-0.4, -0.2) is 24.9 Å². The van der Waals surface area contributed by atoms with Gasteiger partial charge in [-0.05, 0) is 25.7 Å². The Kier molecular flexibility index (Phi) is 4.17. The Morgan fingerprint density at radius 3 is 2.35 bits per heavy atom. The van der Waals surface area contributed by atoms with E-state index in [2.05, 4.69) is 4.90 Å². The molecule has 20 heavy (non-hydrogen) atoms. The van der Waals surface area contributed by atoms with Gasteiger partial charge < -0.3 is 22.1 Å². The molecule has 1 saturated carbocycles. The molecule has 2 rings (SSSR count). The van der Waals surface area contributed by atoms with E-state index in [0.717, 1.165) is 24.4 Å². The summed E-state index contributed by atoms with van der Waals surface area (Å²) in [5.74, 6) is -0.606. The van der Waals surface area contributed by atoms with Crippen LogP contribution in [0.1, 0.15) is 46.2 Å². The molecule has 6 N–H and O–H groups in total. The highest BCUT2D eigenvalue weighted by Gasteiger charge is 2.28. The normalized spacial score (nSPS) is 14.8. The van der Waals surface area contributed by atoms with E-state index in [1.54, 1.807) is 0 Å². The molecule has 2 amide bonds. The third-order valence-electron chi connectivity index (χ3n) is 3.77. The lowest BCUT2D eigenvalue weighted by Gasteiger charge is -2.32. The molecule has 0 atom stereocenters. The highest BCUT2D eigenvalue weighted by atomic mass is 32.1. The van der Waals surface area contributed by atoms with Gasteiger partial charge in [-0.25, -0.2) is 0 Å². The lowest BCUT2D eigenvalue weighted by Crippen LogP contribution is -2.33. The van der Waals surface area contributed by atoms with Crippen LogP contribution < -0.4 is 22.1 Å². The molecule has 1 aromatic heterocycles. The van der Waals surface area contributed by atoms with Gasteiger partial charge in [-0.1, -0.05) is 6.42 Å². The fraction of sp³-hybridized carbons (Fsp3) is 0.538. The summed E-state index contributed by atoms with van der Waals surface area (Å²) in [5, 5.41) is 0.665. The number of nitrogens with two attached hydrogens (primary N) is 3. The minimum absolute atomic E-state index is 0.108. The fourth-order valence-corrected chi connectivity index (χ4v) is 3.57. The minimum atomic E-state index is -0.624. The third-order valence-corrected chi connectivity index (χ3v) is 5.05. The van der Waals surface area contributed by atoms with Gasteiger partial charge >= 0.3 is 0 Å². The van der Waals surface area contributed by atoms with Crippen LogP contribution in [0.3, 0.4) is 0 Å². The predicted octanol–water partition coefficient (Wildman–Crippen LogP) is 1.15. The van der Waals surface area contributed by atoms with Crippen molar-refractivity contribution >= 4 is 33.8 Å². The first-order valence-electron chi connectivity index (χ1n) is 6.72. The van der Waals surface area contributed by atoms with Gasteiger partial charge in [0.1, 0.15) is 9.88 Å². The molecule has 110 valence electrons. The number of anilines is 2. The molecule has 0 unspecified atom stereocenters. The zero-order valence-corrected chi connectivity index (χ0v) is 12.3. The molecule has 1 heterocycles. The van der Waals surface area contributed by atoms with Gasteiger partial charge in [-0.2, -0.15) is 0 Å². The maximum absolute atomic E-state index is 11.6. The van der Waals surface area contributed by atoms with Crippen molar-refractivity contribution in [3.63, 3.8) is 0 Å². The number of primary amides is 2. The van der Waals surface area contributed by atoms with Gasteiger partial charge in [0.05, 0.1) is 11.3 Å². The first-order chi connectivity index (χ1) is 9.45. The van der Waals surface area contributed by atoms with Crippen molar-refractivity contribution in [3.05, 3.63) is 10.4 Å². The monoisotopic (exact) mass is 296 g/mol. The second-order valence-corrected chi connectivity index (χ2v) is 6.09. The standard InChI is InChI=1S/C13H20N4O2S/c1-2-17(6-7-4-3-5-7)13-8(11(15)18)9(14)10(20-13)12(16)19/h7H,2-6,14H2,1H3,(H2,15,18)(H2,16,19). The van der Waals surface area contributed by atoms with Gasteiger partial charge in [0.2, 0.25) is 0 Å². The van der Waals surface area contributed by atoms with Gasteiger partial charge in [-0.15, -0.1) is 11.3 Å². The Labute approximate surface area is 121 Å². The molecule has 0 radical (unpaired) electrons. The summed E-state index contributed by atoms with van der Waals surface area (Å²) in [5.41, 5.74) is 16.9. The van der Waals surface area contributed by atoms with Crippen molar-refractivity contribution in [1.82, 2.24) is 0 Å². The van der Waals surface area contributed by atoms with E-state index in [4.69, 9.17) is 17.2 Å². The lowest BCUT2D eigenvalue weighted by molar-refractivity contribution is 0.0999. The summed E-state index contributed by atoms with van der Waals surface area (Å²) < 4.78 is 0. The third kappa shape index (κ3) is 2.58. The van der Waals surface area contributed by atoms with Crippen molar-refractivity contribution in [2.45, 2.75) is 26.2 Å². The Morgan fingerprint density at radius 1 is 1.30 bits per heavy atom. The second kappa shape index (κ2) is 5.70. The molecular weight excluding hydrogens is 276 g/mol. The number of carbonyl (C=O) groups excluding carboxylic acids is 2. The van der Waals surface area contributed by atoms with Gasteiger partial charge in [0, 0.05) is 13.1 Å².